The van der Waals surface area contributed by atoms with Gasteiger partial charge in [-0.25, -0.2) is 0 Å². The summed E-state index contributed by atoms with van der Waals surface area (Å²) >= 11 is 0. The van der Waals surface area contributed by atoms with E-state index in [1.165, 1.54) is 0 Å². The van der Waals surface area contributed by atoms with Crippen LogP contribution in [0.2, 0.25) is 0 Å². The van der Waals surface area contributed by atoms with E-state index in [-0.39, 0.29) is 12.5 Å². The summed E-state index contributed by atoms with van der Waals surface area (Å²) < 4.78 is 0. The van der Waals surface area contributed by atoms with E-state index in [0.717, 1.165) is 12.0 Å². The van der Waals surface area contributed by atoms with Crippen LogP contribution < -0.4 is 5.73 Å². The molecule has 12 heavy (non-hydrogen) atoms. The SMILES string of the molecule is NCC(CCO)c1ccncc1. The lowest BCUT2D eigenvalue weighted by atomic mass is 9.97. The van der Waals surface area contributed by atoms with Crippen molar-refractivity contribution < 1.29 is 5.11 Å². The predicted molar refractivity (Wildman–Crippen MR) is 47.7 cm³/mol. The fourth-order valence-electron chi connectivity index (χ4n) is 1.21. The second-order valence-electron chi connectivity index (χ2n) is 2.73. The Kier molecular flexibility index (Phi) is 3.70. The molecule has 1 heterocycles. The second-order valence-corrected chi connectivity index (χ2v) is 2.73. The van der Waals surface area contributed by atoms with Crippen LogP contribution in [0.15, 0.2) is 24.5 Å². The van der Waals surface area contributed by atoms with Crippen LogP contribution in [0, 0.1) is 0 Å². The molecule has 0 radical (unpaired) electrons. The number of nitrogens with zero attached hydrogens (tertiary/aromatic N) is 1. The Labute approximate surface area is 72.2 Å². The molecule has 0 aliphatic carbocycles. The van der Waals surface area contributed by atoms with Gasteiger partial charge < -0.3 is 10.8 Å². The monoisotopic (exact) mass is 166 g/mol. The molecule has 0 aliphatic heterocycles. The van der Waals surface area contributed by atoms with Gasteiger partial charge in [-0.05, 0) is 36.6 Å². The molecule has 1 aromatic heterocycles. The third kappa shape index (κ3) is 2.29. The molecule has 0 amide bonds. The fraction of sp³-hybridized carbons (Fsp3) is 0.444. The molecule has 1 unspecified atom stereocenters. The number of rotatable bonds is 4. The summed E-state index contributed by atoms with van der Waals surface area (Å²) in [6, 6.07) is 3.88. The molecule has 0 fully saturated rings. The third-order valence-corrected chi connectivity index (χ3v) is 1.94. The van der Waals surface area contributed by atoms with Crippen molar-refractivity contribution in [2.45, 2.75) is 12.3 Å². The second kappa shape index (κ2) is 4.85. The molecule has 0 saturated carbocycles. The highest BCUT2D eigenvalue weighted by atomic mass is 16.3. The van der Waals surface area contributed by atoms with Gasteiger partial charge in [0.1, 0.15) is 0 Å². The first-order valence-corrected chi connectivity index (χ1v) is 4.09. The number of pyridine rings is 1. The van der Waals surface area contributed by atoms with Crippen molar-refractivity contribution in [3.63, 3.8) is 0 Å². The average molecular weight is 166 g/mol. The van der Waals surface area contributed by atoms with E-state index in [1.54, 1.807) is 12.4 Å². The maximum atomic E-state index is 8.76. The number of aromatic nitrogens is 1. The van der Waals surface area contributed by atoms with Crippen molar-refractivity contribution in [3.8, 4) is 0 Å². The molecular formula is C9H14N2O. The highest BCUT2D eigenvalue weighted by molar-refractivity contribution is 5.15. The van der Waals surface area contributed by atoms with Gasteiger partial charge in [0.2, 0.25) is 0 Å². The molecule has 0 aromatic carbocycles. The molecule has 1 aromatic rings. The number of hydrogen-bond donors (Lipinski definition) is 2. The van der Waals surface area contributed by atoms with Crippen LogP contribution in [-0.4, -0.2) is 23.2 Å². The maximum absolute atomic E-state index is 8.76. The van der Waals surface area contributed by atoms with Crippen LogP contribution in [0.4, 0.5) is 0 Å². The molecule has 3 heteroatoms. The minimum absolute atomic E-state index is 0.185. The van der Waals surface area contributed by atoms with Gasteiger partial charge in [-0.3, -0.25) is 4.98 Å². The fourth-order valence-corrected chi connectivity index (χ4v) is 1.21. The van der Waals surface area contributed by atoms with Crippen molar-refractivity contribution in [1.29, 1.82) is 0 Å². The molecule has 3 N–H and O–H groups in total. The first-order valence-electron chi connectivity index (χ1n) is 4.09. The Morgan fingerprint density at radius 3 is 2.58 bits per heavy atom. The summed E-state index contributed by atoms with van der Waals surface area (Å²) in [5, 5.41) is 8.76. The first kappa shape index (κ1) is 9.16. The van der Waals surface area contributed by atoms with Gasteiger partial charge in [0.05, 0.1) is 0 Å². The van der Waals surface area contributed by atoms with E-state index in [0.29, 0.717) is 6.54 Å². The maximum Gasteiger partial charge on any atom is 0.0437 e. The molecule has 3 nitrogen and oxygen atoms in total. The van der Waals surface area contributed by atoms with Crippen molar-refractivity contribution >= 4 is 0 Å². The molecule has 66 valence electrons. The van der Waals surface area contributed by atoms with Crippen LogP contribution >= 0.6 is 0 Å². The number of aliphatic hydroxyl groups excluding tert-OH is 1. The van der Waals surface area contributed by atoms with Crippen LogP contribution in [0.5, 0.6) is 0 Å². The smallest absolute Gasteiger partial charge is 0.0437 e. The summed E-state index contributed by atoms with van der Waals surface area (Å²) in [6.07, 6.45) is 4.21. The summed E-state index contributed by atoms with van der Waals surface area (Å²) in [5.74, 6) is 0.262. The lowest BCUT2D eigenvalue weighted by Gasteiger charge is -2.12. The van der Waals surface area contributed by atoms with Crippen molar-refractivity contribution in [2.75, 3.05) is 13.2 Å². The van der Waals surface area contributed by atoms with Crippen molar-refractivity contribution in [2.24, 2.45) is 5.73 Å². The van der Waals surface area contributed by atoms with Gasteiger partial charge in [0.15, 0.2) is 0 Å². The van der Waals surface area contributed by atoms with Crippen molar-refractivity contribution in [1.82, 2.24) is 4.98 Å². The largest absolute Gasteiger partial charge is 0.396 e. The van der Waals surface area contributed by atoms with Crippen LogP contribution in [-0.2, 0) is 0 Å². The Bertz CT molecular complexity index is 213. The summed E-state index contributed by atoms with van der Waals surface area (Å²) in [6.45, 7) is 0.759. The van der Waals surface area contributed by atoms with E-state index in [4.69, 9.17) is 10.8 Å². The Hall–Kier alpha value is -0.930. The first-order chi connectivity index (χ1) is 5.88. The normalized spacial score (nSPS) is 12.8. The molecule has 0 saturated heterocycles. The van der Waals surface area contributed by atoms with E-state index < -0.39 is 0 Å². The minimum atomic E-state index is 0.185. The molecule has 0 spiro atoms. The van der Waals surface area contributed by atoms with Gasteiger partial charge >= 0.3 is 0 Å². The summed E-state index contributed by atoms with van der Waals surface area (Å²) in [4.78, 5) is 3.92. The average Bonchev–Trinajstić information content (AvgIpc) is 2.15. The van der Waals surface area contributed by atoms with Gasteiger partial charge in [0.25, 0.3) is 0 Å². The predicted octanol–water partition coefficient (Wildman–Crippen LogP) is 0.506. The molecular weight excluding hydrogens is 152 g/mol. The standard InChI is InChI=1S/C9H14N2O/c10-7-9(3-6-12)8-1-4-11-5-2-8/h1-2,4-5,9,12H,3,6-7,10H2. The summed E-state index contributed by atoms with van der Waals surface area (Å²) in [5.41, 5.74) is 6.71. The Morgan fingerprint density at radius 1 is 1.42 bits per heavy atom. The van der Waals surface area contributed by atoms with Crippen LogP contribution in [0.25, 0.3) is 0 Å². The Balaban J connectivity index is 2.66. The molecule has 1 atom stereocenters. The van der Waals surface area contributed by atoms with Gasteiger partial charge in [-0.1, -0.05) is 0 Å². The van der Waals surface area contributed by atoms with Gasteiger partial charge in [0, 0.05) is 19.0 Å². The lowest BCUT2D eigenvalue weighted by molar-refractivity contribution is 0.276. The van der Waals surface area contributed by atoms with E-state index >= 15 is 0 Å². The minimum Gasteiger partial charge on any atom is -0.396 e. The zero-order valence-corrected chi connectivity index (χ0v) is 6.98. The van der Waals surface area contributed by atoms with E-state index in [2.05, 4.69) is 4.98 Å². The molecule has 1 rings (SSSR count). The summed E-state index contributed by atoms with van der Waals surface area (Å²) in [7, 11) is 0. The number of nitrogens with two attached hydrogens (primary N) is 1. The lowest BCUT2D eigenvalue weighted by Crippen LogP contribution is -2.13. The highest BCUT2D eigenvalue weighted by Gasteiger charge is 2.07. The number of aliphatic hydroxyl groups is 1. The topological polar surface area (TPSA) is 59.1 Å². The zero-order chi connectivity index (χ0) is 8.81. The van der Waals surface area contributed by atoms with Crippen LogP contribution in [0.1, 0.15) is 17.9 Å². The molecule has 0 aliphatic rings. The van der Waals surface area contributed by atoms with Gasteiger partial charge in [-0.15, -0.1) is 0 Å². The zero-order valence-electron chi connectivity index (χ0n) is 6.98. The van der Waals surface area contributed by atoms with Crippen LogP contribution in [0.3, 0.4) is 0 Å². The number of hydrogen-bond acceptors (Lipinski definition) is 3. The highest BCUT2D eigenvalue weighted by Crippen LogP contribution is 2.16. The van der Waals surface area contributed by atoms with Gasteiger partial charge in [-0.2, -0.15) is 0 Å². The molecule has 0 bridgehead atoms. The third-order valence-electron chi connectivity index (χ3n) is 1.94. The van der Waals surface area contributed by atoms with Crippen molar-refractivity contribution in [3.05, 3.63) is 30.1 Å². The van der Waals surface area contributed by atoms with E-state index in [1.807, 2.05) is 12.1 Å². The Morgan fingerprint density at radius 2 is 2.08 bits per heavy atom. The van der Waals surface area contributed by atoms with E-state index in [9.17, 15) is 0 Å². The quantitative estimate of drug-likeness (QED) is 0.685.